The Morgan fingerprint density at radius 1 is 1.16 bits per heavy atom. The standard InChI is InChI=1S/C25H22N4O6S.C4H8.C2H7N/c1-14-13-19(36-28-11-4-5-12-28)26-21(14)23(31)27-24-16-8-2-3-10-18(16)35-25(24,32)20-15(22(24)30)7-6-9-17(20)29(33)34;1-4-2-3-4;1-3-2/h2-3,6-10,13,26,32H,4-5,11-12H2,1H3,(H,27,31);4H,2-3H2,1H3;3H,1-2H3. The van der Waals surface area contributed by atoms with E-state index in [9.17, 15) is 24.8 Å². The van der Waals surface area contributed by atoms with Crippen LogP contribution in [0.4, 0.5) is 5.69 Å². The van der Waals surface area contributed by atoms with E-state index in [1.165, 1.54) is 43.0 Å². The first-order valence-corrected chi connectivity index (χ1v) is 15.2. The van der Waals surface area contributed by atoms with E-state index in [2.05, 4.69) is 26.8 Å². The molecule has 12 heteroatoms. The van der Waals surface area contributed by atoms with E-state index in [0.29, 0.717) is 5.56 Å². The molecule has 3 aromatic rings. The van der Waals surface area contributed by atoms with Crippen LogP contribution in [0.25, 0.3) is 0 Å². The number of amides is 1. The molecule has 2 aromatic carbocycles. The highest BCUT2D eigenvalue weighted by Crippen LogP contribution is 2.59. The Bertz CT molecular complexity index is 1550. The summed E-state index contributed by atoms with van der Waals surface area (Å²) in [5.74, 6) is -2.58. The van der Waals surface area contributed by atoms with Gasteiger partial charge in [0.05, 0.1) is 9.95 Å². The number of H-pyrrole nitrogens is 1. The number of ether oxygens (including phenoxy) is 1. The zero-order chi connectivity index (χ0) is 30.9. The van der Waals surface area contributed by atoms with Crippen LogP contribution in [-0.2, 0) is 11.3 Å². The highest BCUT2D eigenvalue weighted by atomic mass is 32.2. The van der Waals surface area contributed by atoms with E-state index in [1.54, 1.807) is 31.2 Å². The van der Waals surface area contributed by atoms with Crippen molar-refractivity contribution in [2.45, 2.75) is 55.9 Å². The minimum absolute atomic E-state index is 0.0741. The van der Waals surface area contributed by atoms with Crippen molar-refractivity contribution in [2.24, 2.45) is 5.92 Å². The number of nitro benzene ring substituents is 1. The number of aromatic nitrogens is 1. The third-order valence-corrected chi connectivity index (χ3v) is 8.94. The molecule has 7 rings (SSSR count). The monoisotopic (exact) mass is 607 g/mol. The lowest BCUT2D eigenvalue weighted by molar-refractivity contribution is -0.388. The van der Waals surface area contributed by atoms with Crippen LogP contribution >= 0.6 is 11.9 Å². The van der Waals surface area contributed by atoms with Crippen molar-refractivity contribution >= 4 is 29.3 Å². The molecule has 1 saturated heterocycles. The lowest BCUT2D eigenvalue weighted by atomic mass is 9.82. The second kappa shape index (κ2) is 12.1. The largest absolute Gasteiger partial charge is 0.454 e. The van der Waals surface area contributed by atoms with Crippen molar-refractivity contribution < 1.29 is 24.4 Å². The van der Waals surface area contributed by atoms with E-state index in [4.69, 9.17) is 4.74 Å². The summed E-state index contributed by atoms with van der Waals surface area (Å²) in [6.07, 6.45) is 5.21. The molecule has 1 amide bonds. The van der Waals surface area contributed by atoms with E-state index in [0.717, 1.165) is 36.9 Å². The van der Waals surface area contributed by atoms with Gasteiger partial charge in [-0.15, -0.1) is 0 Å². The van der Waals surface area contributed by atoms with Gasteiger partial charge in [0.25, 0.3) is 17.4 Å². The Kier molecular flexibility index (Phi) is 8.66. The van der Waals surface area contributed by atoms with E-state index in [-0.39, 0.29) is 28.1 Å². The molecule has 228 valence electrons. The van der Waals surface area contributed by atoms with Gasteiger partial charge in [-0.1, -0.05) is 50.1 Å². The van der Waals surface area contributed by atoms with Crippen molar-refractivity contribution in [3.05, 3.63) is 86.6 Å². The molecule has 1 aromatic heterocycles. The molecule has 2 atom stereocenters. The third kappa shape index (κ3) is 5.44. The summed E-state index contributed by atoms with van der Waals surface area (Å²) < 4.78 is 8.07. The fraction of sp³-hybridized carbons (Fsp3) is 0.419. The summed E-state index contributed by atoms with van der Waals surface area (Å²) >= 11 is 1.53. The van der Waals surface area contributed by atoms with Gasteiger partial charge < -0.3 is 25.5 Å². The van der Waals surface area contributed by atoms with Gasteiger partial charge in [-0.3, -0.25) is 19.7 Å². The van der Waals surface area contributed by atoms with Crippen LogP contribution in [0.1, 0.15) is 70.1 Å². The number of rotatable bonds is 5. The zero-order valence-electron chi connectivity index (χ0n) is 24.7. The third-order valence-electron chi connectivity index (χ3n) is 7.90. The molecule has 0 spiro atoms. The van der Waals surface area contributed by atoms with Crippen LogP contribution in [-0.4, -0.2) is 58.2 Å². The number of Topliss-reactive ketones (excluding diaryl/α,β-unsaturated/α-hetero) is 1. The van der Waals surface area contributed by atoms with E-state index >= 15 is 0 Å². The highest BCUT2D eigenvalue weighted by Gasteiger charge is 2.73. The van der Waals surface area contributed by atoms with Crippen LogP contribution in [0.5, 0.6) is 5.75 Å². The van der Waals surface area contributed by atoms with Gasteiger partial charge in [0.1, 0.15) is 17.0 Å². The van der Waals surface area contributed by atoms with Gasteiger partial charge in [-0.25, -0.2) is 4.31 Å². The quantitative estimate of drug-likeness (QED) is 0.185. The fourth-order valence-electron chi connectivity index (χ4n) is 5.58. The maximum atomic E-state index is 13.9. The summed E-state index contributed by atoms with van der Waals surface area (Å²) in [6, 6.07) is 12.2. The number of fused-ring (bicyclic) bond motifs is 5. The molecular weight excluding hydrogens is 570 g/mol. The van der Waals surface area contributed by atoms with Crippen molar-refractivity contribution in [3.8, 4) is 5.75 Å². The SMILES string of the molecule is CC1CC1.CNC.Cc1cc(SN2CCCC2)[nH]c1C(=O)NC12C(=O)c3cccc([N+](=O)[O-])c3C1(O)Oc1ccccc12. The van der Waals surface area contributed by atoms with Gasteiger partial charge in [-0.2, -0.15) is 0 Å². The molecule has 2 fully saturated rings. The minimum atomic E-state index is -2.50. The maximum Gasteiger partial charge on any atom is 0.280 e. The summed E-state index contributed by atoms with van der Waals surface area (Å²) in [6.45, 7) is 5.97. The number of benzene rings is 2. The lowest BCUT2D eigenvalue weighted by Gasteiger charge is -2.34. The normalized spacial score (nSPS) is 23.1. The van der Waals surface area contributed by atoms with Gasteiger partial charge in [0, 0.05) is 30.3 Å². The molecule has 2 aliphatic heterocycles. The highest BCUT2D eigenvalue weighted by molar-refractivity contribution is 7.97. The number of aliphatic hydroxyl groups is 1. The van der Waals surface area contributed by atoms with Gasteiger partial charge in [0.15, 0.2) is 0 Å². The van der Waals surface area contributed by atoms with Crippen molar-refractivity contribution in [2.75, 3.05) is 27.2 Å². The van der Waals surface area contributed by atoms with Gasteiger partial charge >= 0.3 is 0 Å². The average molecular weight is 608 g/mol. The topological polar surface area (TPSA) is 150 Å². The summed E-state index contributed by atoms with van der Waals surface area (Å²) in [7, 11) is 3.75. The lowest BCUT2D eigenvalue weighted by Crippen LogP contribution is -2.60. The Labute approximate surface area is 254 Å². The van der Waals surface area contributed by atoms with Crippen LogP contribution in [0.3, 0.4) is 0 Å². The average Bonchev–Trinajstić information content (AvgIpc) is 3.29. The molecule has 4 aliphatic rings. The fourth-order valence-corrected chi connectivity index (χ4v) is 6.67. The predicted octanol–water partition coefficient (Wildman–Crippen LogP) is 4.65. The first-order chi connectivity index (χ1) is 20.6. The number of nitro groups is 1. The van der Waals surface area contributed by atoms with Crippen LogP contribution in [0.15, 0.2) is 53.6 Å². The number of ketones is 1. The second-order valence-corrected chi connectivity index (χ2v) is 12.5. The zero-order valence-corrected chi connectivity index (χ0v) is 25.5. The molecule has 43 heavy (non-hydrogen) atoms. The number of nitrogens with one attached hydrogen (secondary N) is 3. The Morgan fingerprint density at radius 2 is 1.81 bits per heavy atom. The molecule has 1 saturated carbocycles. The Balaban J connectivity index is 0.000000471. The summed E-state index contributed by atoms with van der Waals surface area (Å²) in [5, 5.41) is 30.0. The number of carbonyl (C=O) groups is 2. The number of aryl methyl sites for hydroxylation is 1. The summed E-state index contributed by atoms with van der Waals surface area (Å²) in [5.41, 5.74) is -1.79. The minimum Gasteiger partial charge on any atom is -0.454 e. The van der Waals surface area contributed by atoms with Crippen molar-refractivity contribution in [1.82, 2.24) is 19.9 Å². The maximum absolute atomic E-state index is 13.9. The molecular formula is C31H37N5O6S. The molecule has 4 N–H and O–H groups in total. The Hall–Kier alpha value is -3.71. The Morgan fingerprint density at radius 3 is 2.44 bits per heavy atom. The van der Waals surface area contributed by atoms with Crippen LogP contribution < -0.4 is 15.4 Å². The molecule has 0 bridgehead atoms. The van der Waals surface area contributed by atoms with Crippen LogP contribution in [0.2, 0.25) is 0 Å². The van der Waals surface area contributed by atoms with E-state index in [1.807, 2.05) is 20.2 Å². The number of hydrogen-bond acceptors (Lipinski definition) is 9. The smallest absolute Gasteiger partial charge is 0.280 e. The first kappa shape index (κ1) is 30.7. The molecule has 2 aliphatic carbocycles. The van der Waals surface area contributed by atoms with Crippen LogP contribution in [0, 0.1) is 23.0 Å². The van der Waals surface area contributed by atoms with Crippen molar-refractivity contribution in [1.29, 1.82) is 0 Å². The number of nitrogens with zero attached hydrogens (tertiary/aromatic N) is 2. The molecule has 3 heterocycles. The number of aromatic amines is 1. The number of hydrogen-bond donors (Lipinski definition) is 4. The predicted molar refractivity (Wildman–Crippen MR) is 163 cm³/mol. The van der Waals surface area contributed by atoms with E-state index < -0.39 is 33.6 Å². The summed E-state index contributed by atoms with van der Waals surface area (Å²) in [4.78, 5) is 41.9. The number of para-hydroxylation sites is 1. The second-order valence-electron chi connectivity index (χ2n) is 11.3. The van der Waals surface area contributed by atoms with Gasteiger partial charge in [-0.05, 0) is 69.4 Å². The molecule has 0 radical (unpaired) electrons. The van der Waals surface area contributed by atoms with Crippen molar-refractivity contribution in [3.63, 3.8) is 0 Å². The molecule has 11 nitrogen and oxygen atoms in total. The number of carbonyl (C=O) groups excluding carboxylic acids is 2. The first-order valence-electron chi connectivity index (χ1n) is 14.4. The van der Waals surface area contributed by atoms with Gasteiger partial charge in [0.2, 0.25) is 11.3 Å². The molecule has 2 unspecified atom stereocenters.